The highest BCUT2D eigenvalue weighted by Gasteiger charge is 2.72. The SMILES string of the molecule is CNC1CCN(C(=O)c2c(C)cc(C(F)(F)F)nc2-c2ccnc3cc(CN4C(=O)C5C(C4=O)C5(C)C)sc23)C1. The van der Waals surface area contributed by atoms with Gasteiger partial charge in [0, 0.05) is 35.8 Å². The summed E-state index contributed by atoms with van der Waals surface area (Å²) in [4.78, 5) is 51.4. The fraction of sp³-hybridized carbons (Fsp3) is 0.464. The summed E-state index contributed by atoms with van der Waals surface area (Å²) in [6, 6.07) is 4.32. The van der Waals surface area contributed by atoms with Crippen LogP contribution in [-0.4, -0.2) is 63.7 Å². The molecule has 3 aromatic heterocycles. The van der Waals surface area contributed by atoms with Crippen LogP contribution in [-0.2, 0) is 22.3 Å². The fourth-order valence-corrected chi connectivity index (χ4v) is 7.31. The van der Waals surface area contributed by atoms with Crippen molar-refractivity contribution < 1.29 is 27.6 Å². The Bertz CT molecular complexity index is 1560. The lowest BCUT2D eigenvalue weighted by Gasteiger charge is -2.21. The zero-order chi connectivity index (χ0) is 28.7. The molecule has 0 radical (unpaired) electrons. The molecule has 40 heavy (non-hydrogen) atoms. The molecule has 2 aliphatic heterocycles. The smallest absolute Gasteiger partial charge is 0.337 e. The first-order valence-electron chi connectivity index (χ1n) is 13.1. The van der Waals surface area contributed by atoms with Crippen molar-refractivity contribution in [1.29, 1.82) is 0 Å². The highest BCUT2D eigenvalue weighted by molar-refractivity contribution is 7.19. The lowest BCUT2D eigenvalue weighted by atomic mass is 9.99. The van der Waals surface area contributed by atoms with E-state index in [2.05, 4.69) is 15.3 Å². The number of carbonyl (C=O) groups is 3. The number of carbonyl (C=O) groups excluding carboxylic acids is 3. The molecule has 6 rings (SSSR count). The molecule has 3 atom stereocenters. The molecule has 0 bridgehead atoms. The van der Waals surface area contributed by atoms with Gasteiger partial charge in [-0.2, -0.15) is 13.2 Å². The van der Waals surface area contributed by atoms with Crippen LogP contribution in [0.4, 0.5) is 13.2 Å². The lowest BCUT2D eigenvalue weighted by molar-refractivity contribution is -0.144. The number of alkyl halides is 3. The van der Waals surface area contributed by atoms with Gasteiger partial charge < -0.3 is 10.2 Å². The van der Waals surface area contributed by atoms with E-state index in [1.165, 1.54) is 29.4 Å². The largest absolute Gasteiger partial charge is 0.433 e. The Morgan fingerprint density at radius 2 is 1.90 bits per heavy atom. The number of likely N-dealkylation sites (N-methyl/N-ethyl adjacent to an activating group) is 1. The summed E-state index contributed by atoms with van der Waals surface area (Å²) in [5.41, 5.74) is -0.297. The molecule has 12 heteroatoms. The van der Waals surface area contributed by atoms with E-state index in [1.54, 1.807) is 17.0 Å². The first-order valence-corrected chi connectivity index (χ1v) is 13.9. The Kier molecular flexibility index (Phi) is 6.08. The average Bonchev–Trinajstić information content (AvgIpc) is 3.32. The molecule has 3 aliphatic rings. The number of piperidine rings is 1. The van der Waals surface area contributed by atoms with Crippen molar-refractivity contribution in [3.05, 3.63) is 46.1 Å². The van der Waals surface area contributed by atoms with Gasteiger partial charge in [-0.25, -0.2) is 4.98 Å². The minimum atomic E-state index is -4.70. The summed E-state index contributed by atoms with van der Waals surface area (Å²) < 4.78 is 42.1. The second-order valence-electron chi connectivity index (χ2n) is 11.4. The van der Waals surface area contributed by atoms with Gasteiger partial charge in [0.2, 0.25) is 11.8 Å². The maximum atomic E-state index is 13.9. The summed E-state index contributed by atoms with van der Waals surface area (Å²) in [5.74, 6) is -1.37. The summed E-state index contributed by atoms with van der Waals surface area (Å²) >= 11 is 1.24. The van der Waals surface area contributed by atoms with Crippen LogP contribution in [0.2, 0.25) is 0 Å². The Morgan fingerprint density at radius 1 is 1.20 bits per heavy atom. The van der Waals surface area contributed by atoms with Gasteiger partial charge in [-0.1, -0.05) is 13.8 Å². The number of nitrogens with one attached hydrogen (secondary N) is 1. The van der Waals surface area contributed by atoms with E-state index in [0.29, 0.717) is 33.7 Å². The summed E-state index contributed by atoms with van der Waals surface area (Å²) in [6.07, 6.45) is -2.49. The number of hydrogen-bond donors (Lipinski definition) is 1. The molecule has 3 unspecified atom stereocenters. The first-order chi connectivity index (χ1) is 18.8. The minimum Gasteiger partial charge on any atom is -0.337 e. The van der Waals surface area contributed by atoms with E-state index >= 15 is 0 Å². The van der Waals surface area contributed by atoms with Gasteiger partial charge in [0.25, 0.3) is 5.91 Å². The third kappa shape index (κ3) is 4.11. The first kappa shape index (κ1) is 26.8. The second-order valence-corrected chi connectivity index (χ2v) is 12.5. The van der Waals surface area contributed by atoms with Gasteiger partial charge in [0.15, 0.2) is 0 Å². The Labute approximate surface area is 232 Å². The highest BCUT2D eigenvalue weighted by Crippen LogP contribution is 2.63. The van der Waals surface area contributed by atoms with Crippen LogP contribution in [0, 0.1) is 24.2 Å². The number of aromatic nitrogens is 2. The topological polar surface area (TPSA) is 95.5 Å². The molecule has 8 nitrogen and oxygen atoms in total. The van der Waals surface area contributed by atoms with Crippen molar-refractivity contribution in [3.8, 4) is 11.3 Å². The molecule has 2 saturated heterocycles. The summed E-state index contributed by atoms with van der Waals surface area (Å²) in [7, 11) is 1.81. The van der Waals surface area contributed by atoms with Gasteiger partial charge >= 0.3 is 6.18 Å². The number of thiophene rings is 1. The quantitative estimate of drug-likeness (QED) is 0.460. The van der Waals surface area contributed by atoms with Crippen LogP contribution in [0.3, 0.4) is 0 Å². The van der Waals surface area contributed by atoms with Gasteiger partial charge in [-0.15, -0.1) is 11.3 Å². The third-order valence-corrected chi connectivity index (χ3v) is 9.67. The fourth-order valence-electron chi connectivity index (χ4n) is 6.19. The summed E-state index contributed by atoms with van der Waals surface area (Å²) in [6.45, 7) is 6.32. The number of imide groups is 1. The Hall–Kier alpha value is -3.38. The zero-order valence-corrected chi connectivity index (χ0v) is 23.2. The van der Waals surface area contributed by atoms with Crippen molar-refractivity contribution in [2.24, 2.45) is 17.3 Å². The number of amides is 3. The van der Waals surface area contributed by atoms with Crippen molar-refractivity contribution in [1.82, 2.24) is 25.1 Å². The minimum absolute atomic E-state index is 0.0534. The van der Waals surface area contributed by atoms with Gasteiger partial charge in [0.1, 0.15) is 5.69 Å². The van der Waals surface area contributed by atoms with E-state index in [1.807, 2.05) is 20.9 Å². The Balaban J connectivity index is 1.42. The average molecular weight is 572 g/mol. The Morgan fingerprint density at radius 3 is 2.52 bits per heavy atom. The molecule has 0 spiro atoms. The van der Waals surface area contributed by atoms with E-state index < -0.39 is 11.9 Å². The molecular weight excluding hydrogens is 543 g/mol. The normalized spacial score (nSPS) is 23.8. The van der Waals surface area contributed by atoms with Crippen molar-refractivity contribution >= 4 is 39.3 Å². The number of aryl methyl sites for hydroxylation is 1. The number of nitrogens with zero attached hydrogens (tertiary/aromatic N) is 4. The van der Waals surface area contributed by atoms with E-state index in [9.17, 15) is 27.6 Å². The lowest BCUT2D eigenvalue weighted by Crippen LogP contribution is -2.35. The molecule has 3 fully saturated rings. The maximum Gasteiger partial charge on any atom is 0.433 e. The predicted octanol–water partition coefficient (Wildman–Crippen LogP) is 4.26. The van der Waals surface area contributed by atoms with Crippen LogP contribution in [0.25, 0.3) is 21.5 Å². The molecule has 3 aromatic rings. The molecule has 1 saturated carbocycles. The van der Waals surface area contributed by atoms with Crippen LogP contribution in [0.5, 0.6) is 0 Å². The van der Waals surface area contributed by atoms with E-state index in [0.717, 1.165) is 12.5 Å². The van der Waals surface area contributed by atoms with Crippen LogP contribution in [0.15, 0.2) is 24.4 Å². The molecule has 1 aliphatic carbocycles. The molecular formula is C28H28F3N5O3S. The monoisotopic (exact) mass is 571 g/mol. The van der Waals surface area contributed by atoms with Crippen molar-refractivity contribution in [2.45, 2.75) is 46.0 Å². The van der Waals surface area contributed by atoms with Crippen LogP contribution >= 0.6 is 11.3 Å². The molecule has 3 amide bonds. The van der Waals surface area contributed by atoms with Gasteiger partial charge in [-0.3, -0.25) is 24.3 Å². The number of fused-ring (bicyclic) bond motifs is 2. The number of pyridine rings is 2. The number of halogens is 3. The van der Waals surface area contributed by atoms with Crippen LogP contribution in [0.1, 0.15) is 46.8 Å². The standard InChI is InChI=1S/C28H28F3N5O3S/c1-13-9-18(28(29,30)31)34-22(19(13)24(37)35-8-6-14(11-35)32-4)16-5-7-33-17-10-15(40-23(16)17)12-36-25(38)20-21(26(36)39)27(20,2)3/h5,7,9-10,14,20-21,32H,6,8,11-12H2,1-4H3. The second kappa shape index (κ2) is 9.07. The van der Waals surface area contributed by atoms with E-state index in [4.69, 9.17) is 0 Å². The molecule has 1 N–H and O–H groups in total. The summed E-state index contributed by atoms with van der Waals surface area (Å²) in [5, 5.41) is 3.15. The zero-order valence-electron chi connectivity index (χ0n) is 22.4. The van der Waals surface area contributed by atoms with E-state index in [-0.39, 0.29) is 64.4 Å². The third-order valence-electron chi connectivity index (χ3n) is 8.53. The van der Waals surface area contributed by atoms with Gasteiger partial charge in [-0.05, 0) is 49.6 Å². The predicted molar refractivity (Wildman–Crippen MR) is 142 cm³/mol. The highest BCUT2D eigenvalue weighted by atomic mass is 32.1. The molecule has 5 heterocycles. The molecule has 210 valence electrons. The number of likely N-dealkylation sites (tertiary alicyclic amines) is 2. The number of hydrogen-bond acceptors (Lipinski definition) is 7. The number of rotatable bonds is 5. The van der Waals surface area contributed by atoms with Crippen LogP contribution < -0.4 is 5.32 Å². The van der Waals surface area contributed by atoms with Crippen molar-refractivity contribution in [2.75, 3.05) is 20.1 Å². The molecule has 0 aromatic carbocycles. The van der Waals surface area contributed by atoms with Crippen molar-refractivity contribution in [3.63, 3.8) is 0 Å². The van der Waals surface area contributed by atoms with Gasteiger partial charge in [0.05, 0.1) is 39.9 Å². The maximum absolute atomic E-state index is 13.9.